The van der Waals surface area contributed by atoms with Crippen molar-refractivity contribution in [2.45, 2.75) is 38.6 Å². The lowest BCUT2D eigenvalue weighted by atomic mass is 10.1. The molecule has 1 aliphatic rings. The van der Waals surface area contributed by atoms with Crippen molar-refractivity contribution in [3.8, 4) is 11.3 Å². The van der Waals surface area contributed by atoms with Gasteiger partial charge in [0, 0.05) is 5.92 Å². The largest absolute Gasteiger partial charge is 0.346 e. The van der Waals surface area contributed by atoms with E-state index in [1.165, 1.54) is 12.8 Å². The van der Waals surface area contributed by atoms with E-state index in [1.54, 1.807) is 0 Å². The van der Waals surface area contributed by atoms with Gasteiger partial charge in [-0.25, -0.2) is 4.98 Å². The summed E-state index contributed by atoms with van der Waals surface area (Å²) in [5.74, 6) is 1.16. The van der Waals surface area contributed by atoms with Crippen LogP contribution >= 0.6 is 0 Å². The molecule has 0 spiro atoms. The predicted molar refractivity (Wildman–Crippen MR) is 82.5 cm³/mol. The maximum atomic E-state index is 12.2. The van der Waals surface area contributed by atoms with Gasteiger partial charge in [-0.2, -0.15) is 0 Å². The number of aromatic nitrogens is 2. The third-order valence-corrected chi connectivity index (χ3v) is 4.18. The van der Waals surface area contributed by atoms with E-state index in [-0.39, 0.29) is 17.9 Å². The van der Waals surface area contributed by atoms with Crippen molar-refractivity contribution in [1.82, 2.24) is 15.3 Å². The van der Waals surface area contributed by atoms with Crippen LogP contribution < -0.4 is 5.32 Å². The molecule has 1 atom stereocenters. The van der Waals surface area contributed by atoms with Gasteiger partial charge in [0.1, 0.15) is 5.82 Å². The van der Waals surface area contributed by atoms with E-state index in [0.29, 0.717) is 0 Å². The molecule has 0 radical (unpaired) electrons. The summed E-state index contributed by atoms with van der Waals surface area (Å²) in [6.07, 6.45) is 6.21. The molecule has 3 rings (SSSR count). The van der Waals surface area contributed by atoms with Crippen molar-refractivity contribution in [3.05, 3.63) is 42.4 Å². The van der Waals surface area contributed by atoms with Crippen LogP contribution in [0.25, 0.3) is 11.3 Å². The fourth-order valence-electron chi connectivity index (χ4n) is 2.91. The second-order valence-electron chi connectivity index (χ2n) is 5.76. The number of hydrogen-bond acceptors (Lipinski definition) is 2. The van der Waals surface area contributed by atoms with Crippen molar-refractivity contribution in [2.24, 2.45) is 5.92 Å². The van der Waals surface area contributed by atoms with Gasteiger partial charge in [-0.1, -0.05) is 43.2 Å². The maximum absolute atomic E-state index is 12.2. The summed E-state index contributed by atoms with van der Waals surface area (Å²) in [6, 6.07) is 9.99. The number of hydrogen-bond donors (Lipinski definition) is 2. The Morgan fingerprint density at radius 1 is 1.29 bits per heavy atom. The average Bonchev–Trinajstić information content (AvgIpc) is 3.20. The summed E-state index contributed by atoms with van der Waals surface area (Å²) in [6.45, 7) is 1.97. The molecule has 1 saturated carbocycles. The molecule has 0 aliphatic heterocycles. The standard InChI is InChI=1S/C17H21N3O/c1-12(19-17(21)14-9-5-6-10-14)16-18-11-15(20-16)13-7-3-2-4-8-13/h2-4,7-8,11-12,14H,5-6,9-10H2,1H3,(H,18,20)(H,19,21). The number of nitrogens with zero attached hydrogens (tertiary/aromatic N) is 1. The van der Waals surface area contributed by atoms with Gasteiger partial charge in [0.05, 0.1) is 17.9 Å². The number of amides is 1. The fourth-order valence-corrected chi connectivity index (χ4v) is 2.91. The Kier molecular flexibility index (Phi) is 4.04. The van der Waals surface area contributed by atoms with Crippen molar-refractivity contribution < 1.29 is 4.79 Å². The topological polar surface area (TPSA) is 57.8 Å². The molecule has 4 heteroatoms. The lowest BCUT2D eigenvalue weighted by molar-refractivity contribution is -0.125. The molecule has 1 amide bonds. The molecule has 0 bridgehead atoms. The minimum Gasteiger partial charge on any atom is -0.346 e. The Hall–Kier alpha value is -2.10. The number of carbonyl (C=O) groups is 1. The summed E-state index contributed by atoms with van der Waals surface area (Å²) in [5.41, 5.74) is 2.08. The van der Waals surface area contributed by atoms with Crippen molar-refractivity contribution in [1.29, 1.82) is 0 Å². The van der Waals surface area contributed by atoms with E-state index in [9.17, 15) is 4.79 Å². The quantitative estimate of drug-likeness (QED) is 0.903. The maximum Gasteiger partial charge on any atom is 0.223 e. The van der Waals surface area contributed by atoms with Crippen LogP contribution in [0.3, 0.4) is 0 Å². The molecule has 21 heavy (non-hydrogen) atoms. The Morgan fingerprint density at radius 3 is 2.71 bits per heavy atom. The van der Waals surface area contributed by atoms with Crippen molar-refractivity contribution in [2.75, 3.05) is 0 Å². The molecule has 1 fully saturated rings. The number of benzene rings is 1. The fraction of sp³-hybridized carbons (Fsp3) is 0.412. The Balaban J connectivity index is 1.66. The van der Waals surface area contributed by atoms with Gasteiger partial charge in [0.2, 0.25) is 5.91 Å². The Morgan fingerprint density at radius 2 is 2.00 bits per heavy atom. The molecule has 2 N–H and O–H groups in total. The zero-order valence-electron chi connectivity index (χ0n) is 12.3. The monoisotopic (exact) mass is 283 g/mol. The minimum atomic E-state index is -0.0874. The third-order valence-electron chi connectivity index (χ3n) is 4.18. The van der Waals surface area contributed by atoms with Crippen molar-refractivity contribution >= 4 is 5.91 Å². The second-order valence-corrected chi connectivity index (χ2v) is 5.76. The van der Waals surface area contributed by atoms with Crippen LogP contribution in [0.1, 0.15) is 44.5 Å². The zero-order chi connectivity index (χ0) is 14.7. The van der Waals surface area contributed by atoms with Gasteiger partial charge < -0.3 is 10.3 Å². The number of carbonyl (C=O) groups excluding carboxylic acids is 1. The molecular weight excluding hydrogens is 262 g/mol. The van der Waals surface area contributed by atoms with E-state index in [4.69, 9.17) is 0 Å². The summed E-state index contributed by atoms with van der Waals surface area (Å²) < 4.78 is 0. The van der Waals surface area contributed by atoms with Crippen LogP contribution in [0.4, 0.5) is 0 Å². The third kappa shape index (κ3) is 3.15. The predicted octanol–water partition coefficient (Wildman–Crippen LogP) is 3.44. The molecule has 4 nitrogen and oxygen atoms in total. The Bertz CT molecular complexity index is 600. The normalized spacial score (nSPS) is 16.8. The van der Waals surface area contributed by atoms with Crippen LogP contribution in [-0.2, 0) is 4.79 Å². The average molecular weight is 283 g/mol. The Labute approximate surface area is 125 Å². The SMILES string of the molecule is CC(NC(=O)C1CCCC1)c1ncc(-c2ccccc2)[nH]1. The molecule has 1 aromatic carbocycles. The summed E-state index contributed by atoms with van der Waals surface area (Å²) in [7, 11) is 0. The molecule has 110 valence electrons. The van der Waals surface area contributed by atoms with Gasteiger partial charge in [0.15, 0.2) is 0 Å². The van der Waals surface area contributed by atoms with E-state index in [2.05, 4.69) is 15.3 Å². The number of aromatic amines is 1. The zero-order valence-corrected chi connectivity index (χ0v) is 12.3. The van der Waals surface area contributed by atoms with Gasteiger partial charge in [-0.3, -0.25) is 4.79 Å². The van der Waals surface area contributed by atoms with E-state index in [1.807, 2.05) is 43.5 Å². The van der Waals surface area contributed by atoms with Crippen molar-refractivity contribution in [3.63, 3.8) is 0 Å². The minimum absolute atomic E-state index is 0.0874. The number of rotatable bonds is 4. The smallest absolute Gasteiger partial charge is 0.223 e. The first-order valence-electron chi connectivity index (χ1n) is 7.65. The highest BCUT2D eigenvalue weighted by atomic mass is 16.1. The van der Waals surface area contributed by atoms with E-state index >= 15 is 0 Å². The number of imidazole rings is 1. The number of nitrogens with one attached hydrogen (secondary N) is 2. The van der Waals surface area contributed by atoms with Crippen LogP contribution in [0.5, 0.6) is 0 Å². The van der Waals surface area contributed by atoms with Crippen LogP contribution in [0, 0.1) is 5.92 Å². The van der Waals surface area contributed by atoms with Crippen LogP contribution in [-0.4, -0.2) is 15.9 Å². The first kappa shape index (κ1) is 13.9. The van der Waals surface area contributed by atoms with Gasteiger partial charge in [0.25, 0.3) is 0 Å². The summed E-state index contributed by atoms with van der Waals surface area (Å²) in [5, 5.41) is 3.07. The van der Waals surface area contributed by atoms with Crippen LogP contribution in [0.15, 0.2) is 36.5 Å². The first-order chi connectivity index (χ1) is 10.2. The molecule has 1 heterocycles. The molecule has 1 aromatic heterocycles. The van der Waals surface area contributed by atoms with Gasteiger partial charge in [-0.05, 0) is 25.3 Å². The summed E-state index contributed by atoms with van der Waals surface area (Å²) in [4.78, 5) is 19.9. The molecular formula is C17H21N3O. The van der Waals surface area contributed by atoms with Gasteiger partial charge in [-0.15, -0.1) is 0 Å². The number of H-pyrrole nitrogens is 1. The molecule has 2 aromatic rings. The van der Waals surface area contributed by atoms with Crippen LogP contribution in [0.2, 0.25) is 0 Å². The molecule has 0 saturated heterocycles. The lowest BCUT2D eigenvalue weighted by Gasteiger charge is -2.15. The highest BCUT2D eigenvalue weighted by Crippen LogP contribution is 2.26. The molecule has 1 unspecified atom stereocenters. The van der Waals surface area contributed by atoms with E-state index < -0.39 is 0 Å². The van der Waals surface area contributed by atoms with E-state index in [0.717, 1.165) is 29.9 Å². The highest BCUT2D eigenvalue weighted by molar-refractivity contribution is 5.79. The first-order valence-corrected chi connectivity index (χ1v) is 7.65. The summed E-state index contributed by atoms with van der Waals surface area (Å²) >= 11 is 0. The van der Waals surface area contributed by atoms with Gasteiger partial charge >= 0.3 is 0 Å². The lowest BCUT2D eigenvalue weighted by Crippen LogP contribution is -2.32. The molecule has 1 aliphatic carbocycles. The highest BCUT2D eigenvalue weighted by Gasteiger charge is 2.24. The second kappa shape index (κ2) is 6.12.